The molecule has 44 valence electrons. The van der Waals surface area contributed by atoms with E-state index in [-0.39, 0.29) is 37.1 Å². The molecule has 1 aliphatic heterocycles. The summed E-state index contributed by atoms with van der Waals surface area (Å²) in [7, 11) is 0. The van der Waals surface area contributed by atoms with Gasteiger partial charge in [0.15, 0.2) is 0 Å². The van der Waals surface area contributed by atoms with Crippen LogP contribution >= 0.6 is 0 Å². The van der Waals surface area contributed by atoms with Crippen molar-refractivity contribution in [1.82, 2.24) is 5.32 Å². The quantitative estimate of drug-likeness (QED) is 0.335. The number of nitrogens with one attached hydrogen (secondary N) is 1. The van der Waals surface area contributed by atoms with Gasteiger partial charge in [0.25, 0.3) is 0 Å². The maximum Gasteiger partial charge on any atom is 1.00 e. The van der Waals surface area contributed by atoms with Crippen LogP contribution in [0.4, 0.5) is 0 Å². The van der Waals surface area contributed by atoms with Crippen LogP contribution in [-0.4, -0.2) is 24.3 Å². The van der Waals surface area contributed by atoms with Crippen molar-refractivity contribution in [2.75, 3.05) is 13.1 Å². The van der Waals surface area contributed by atoms with Crippen molar-refractivity contribution in [1.29, 1.82) is 0 Å². The third-order valence-electron chi connectivity index (χ3n) is 1.31. The number of aliphatic hydroxyl groups is 1. The van der Waals surface area contributed by atoms with Gasteiger partial charge in [-0.05, 0) is 25.9 Å². The largest absolute Gasteiger partial charge is 1.00 e. The Kier molecular flexibility index (Phi) is 5.31. The Balaban J connectivity index is 0. The molecule has 2 N–H and O–H groups in total. The van der Waals surface area contributed by atoms with Crippen LogP contribution in [0.5, 0.6) is 0 Å². The molecule has 0 aromatic heterocycles. The molecule has 0 radical (unpaired) electrons. The van der Waals surface area contributed by atoms with Gasteiger partial charge >= 0.3 is 29.6 Å². The monoisotopic (exact) mass is 125 g/mol. The first-order chi connectivity index (χ1) is 3.39. The predicted octanol–water partition coefficient (Wildman–Crippen LogP) is -3.15. The molecular formula is C5H12NNaO. The Bertz CT molecular complexity index is 58.9. The number of hydrogen-bond donors (Lipinski definition) is 2. The molecule has 0 saturated carbocycles. The van der Waals surface area contributed by atoms with Gasteiger partial charge in [0, 0.05) is 0 Å². The van der Waals surface area contributed by atoms with Gasteiger partial charge in [-0.3, -0.25) is 0 Å². The average Bonchev–Trinajstić information content (AvgIpc) is 1.69. The molecule has 1 saturated heterocycles. The molecular weight excluding hydrogens is 113 g/mol. The molecule has 1 fully saturated rings. The van der Waals surface area contributed by atoms with Crippen molar-refractivity contribution in [3.05, 3.63) is 0 Å². The molecule has 0 aromatic carbocycles. The summed E-state index contributed by atoms with van der Waals surface area (Å²) >= 11 is 0. The second kappa shape index (κ2) is 4.77. The first-order valence-corrected chi connectivity index (χ1v) is 2.78. The topological polar surface area (TPSA) is 32.3 Å². The molecule has 3 heteroatoms. The van der Waals surface area contributed by atoms with Gasteiger partial charge in [-0.25, -0.2) is 0 Å². The molecule has 0 aliphatic carbocycles. The average molecular weight is 125 g/mol. The molecule has 1 rings (SSSR count). The van der Waals surface area contributed by atoms with Crippen LogP contribution in [0.3, 0.4) is 0 Å². The van der Waals surface area contributed by atoms with E-state index >= 15 is 0 Å². The first-order valence-electron chi connectivity index (χ1n) is 2.78. The minimum Gasteiger partial charge on any atom is -1.00 e. The summed E-state index contributed by atoms with van der Waals surface area (Å²) in [5.74, 6) is 0. The molecule has 0 spiro atoms. The summed E-state index contributed by atoms with van der Waals surface area (Å²) < 4.78 is 0. The van der Waals surface area contributed by atoms with E-state index in [1.54, 1.807) is 0 Å². The Morgan fingerprint density at radius 1 is 1.38 bits per heavy atom. The van der Waals surface area contributed by atoms with Crippen LogP contribution in [0.25, 0.3) is 0 Å². The van der Waals surface area contributed by atoms with Gasteiger partial charge in [-0.1, -0.05) is 0 Å². The smallest absolute Gasteiger partial charge is 1.00 e. The van der Waals surface area contributed by atoms with Gasteiger partial charge in [-0.15, -0.1) is 0 Å². The molecule has 0 aromatic rings. The Hall–Kier alpha value is 0.920. The van der Waals surface area contributed by atoms with Crippen molar-refractivity contribution in [2.45, 2.75) is 18.9 Å². The van der Waals surface area contributed by atoms with E-state index in [9.17, 15) is 0 Å². The zero-order valence-electron chi connectivity index (χ0n) is 6.35. The van der Waals surface area contributed by atoms with Crippen LogP contribution in [0.15, 0.2) is 0 Å². The molecule has 0 atom stereocenters. The predicted molar refractivity (Wildman–Crippen MR) is 29.2 cm³/mol. The minimum atomic E-state index is -0.0266. The van der Waals surface area contributed by atoms with E-state index in [0.29, 0.717) is 0 Å². The molecule has 0 unspecified atom stereocenters. The second-order valence-electron chi connectivity index (χ2n) is 1.98. The van der Waals surface area contributed by atoms with Crippen LogP contribution in [0.1, 0.15) is 14.3 Å². The van der Waals surface area contributed by atoms with Crippen LogP contribution in [-0.2, 0) is 0 Å². The Morgan fingerprint density at radius 3 is 2.12 bits per heavy atom. The zero-order valence-corrected chi connectivity index (χ0v) is 7.35. The van der Waals surface area contributed by atoms with E-state index in [1.807, 2.05) is 0 Å². The standard InChI is InChI=1S/C5H11NO.Na.H/c7-5-1-3-6-4-2-5;;/h5-7H,1-4H2;;/q;+1;-1. The van der Waals surface area contributed by atoms with Crippen molar-refractivity contribution < 1.29 is 36.1 Å². The van der Waals surface area contributed by atoms with Crippen molar-refractivity contribution in [2.24, 2.45) is 0 Å². The second-order valence-corrected chi connectivity index (χ2v) is 1.98. The summed E-state index contributed by atoms with van der Waals surface area (Å²) in [4.78, 5) is 0. The third kappa shape index (κ3) is 3.05. The SMILES string of the molecule is OC1CCNCC1.[H-].[Na+]. The van der Waals surface area contributed by atoms with Gasteiger partial charge in [0.2, 0.25) is 0 Å². The summed E-state index contributed by atoms with van der Waals surface area (Å²) in [5, 5.41) is 12.0. The van der Waals surface area contributed by atoms with Gasteiger partial charge in [0.1, 0.15) is 0 Å². The molecule has 1 aliphatic rings. The summed E-state index contributed by atoms with van der Waals surface area (Å²) in [5.41, 5.74) is 0. The van der Waals surface area contributed by atoms with Gasteiger partial charge < -0.3 is 11.8 Å². The van der Waals surface area contributed by atoms with E-state index in [4.69, 9.17) is 5.11 Å². The van der Waals surface area contributed by atoms with E-state index in [2.05, 4.69) is 5.32 Å². The van der Waals surface area contributed by atoms with E-state index in [1.165, 1.54) is 0 Å². The molecule has 0 amide bonds. The number of rotatable bonds is 0. The normalized spacial score (nSPS) is 22.1. The van der Waals surface area contributed by atoms with Crippen molar-refractivity contribution in [3.63, 3.8) is 0 Å². The minimum absolute atomic E-state index is 0. The third-order valence-corrected chi connectivity index (χ3v) is 1.31. The fourth-order valence-corrected chi connectivity index (χ4v) is 0.807. The van der Waals surface area contributed by atoms with Crippen LogP contribution < -0.4 is 34.9 Å². The number of aliphatic hydroxyl groups excluding tert-OH is 1. The summed E-state index contributed by atoms with van der Waals surface area (Å²) in [6.45, 7) is 1.97. The van der Waals surface area contributed by atoms with Crippen molar-refractivity contribution >= 4 is 0 Å². The van der Waals surface area contributed by atoms with Crippen LogP contribution in [0.2, 0.25) is 0 Å². The first kappa shape index (κ1) is 8.92. The molecule has 0 bridgehead atoms. The fourth-order valence-electron chi connectivity index (χ4n) is 0.807. The number of piperidine rings is 1. The van der Waals surface area contributed by atoms with E-state index in [0.717, 1.165) is 25.9 Å². The summed E-state index contributed by atoms with van der Waals surface area (Å²) in [6, 6.07) is 0. The summed E-state index contributed by atoms with van der Waals surface area (Å²) in [6.07, 6.45) is 1.83. The Morgan fingerprint density at radius 2 is 1.88 bits per heavy atom. The Labute approximate surface area is 73.4 Å². The van der Waals surface area contributed by atoms with Gasteiger partial charge in [-0.2, -0.15) is 0 Å². The van der Waals surface area contributed by atoms with Crippen LogP contribution in [0, 0.1) is 0 Å². The molecule has 8 heavy (non-hydrogen) atoms. The zero-order chi connectivity index (χ0) is 5.11. The maximum absolute atomic E-state index is 8.87. The van der Waals surface area contributed by atoms with Gasteiger partial charge in [0.05, 0.1) is 6.10 Å². The molecule has 2 nitrogen and oxygen atoms in total. The van der Waals surface area contributed by atoms with Crippen molar-refractivity contribution in [3.8, 4) is 0 Å². The molecule has 1 heterocycles. The fraction of sp³-hybridized carbons (Fsp3) is 1.00. The number of hydrogen-bond acceptors (Lipinski definition) is 2. The van der Waals surface area contributed by atoms with E-state index < -0.39 is 0 Å². The maximum atomic E-state index is 8.87.